The van der Waals surface area contributed by atoms with E-state index in [0.29, 0.717) is 33.9 Å². The van der Waals surface area contributed by atoms with Crippen LogP contribution in [0.2, 0.25) is 5.02 Å². The van der Waals surface area contributed by atoms with Gasteiger partial charge in [-0.2, -0.15) is 9.78 Å². The van der Waals surface area contributed by atoms with Crippen LogP contribution in [0.5, 0.6) is 11.6 Å². The van der Waals surface area contributed by atoms with Gasteiger partial charge in [-0.3, -0.25) is 9.36 Å². The molecule has 2 aromatic carbocycles. The zero-order valence-corrected chi connectivity index (χ0v) is 22.6. The Kier molecular flexibility index (Phi) is 7.39. The maximum atomic E-state index is 13.8. The molecule has 3 aromatic heterocycles. The molecule has 0 aliphatic carbocycles. The smallest absolute Gasteiger partial charge is 0.435 e. The standard InChI is InChI=1S/C28H25ClN6O5/c1-28(2,3)40-27(37)35-17-19(14-31-35)23-15-30-26(34(25(23)36)16-18-4-6-20(29)7-5-18)32-21-8-10-22(11-9-21)39-24-12-13-38-33-24/h4-15,17H,16H2,1-3H3,(H,30,32). The van der Waals surface area contributed by atoms with Crippen LogP contribution in [0.15, 0.2) is 88.8 Å². The van der Waals surface area contributed by atoms with Crippen LogP contribution in [0.25, 0.3) is 11.1 Å². The van der Waals surface area contributed by atoms with Crippen molar-refractivity contribution in [3.05, 3.63) is 100 Å². The molecule has 0 fully saturated rings. The molecule has 3 heterocycles. The Hall–Kier alpha value is -4.90. The van der Waals surface area contributed by atoms with Gasteiger partial charge >= 0.3 is 6.09 Å². The normalized spacial score (nSPS) is 11.3. The first-order valence-corrected chi connectivity index (χ1v) is 12.6. The van der Waals surface area contributed by atoms with Gasteiger partial charge in [0, 0.05) is 34.7 Å². The van der Waals surface area contributed by atoms with Gasteiger partial charge in [-0.25, -0.2) is 9.78 Å². The lowest BCUT2D eigenvalue weighted by Crippen LogP contribution is -2.27. The van der Waals surface area contributed by atoms with Crippen LogP contribution in [-0.2, 0) is 11.3 Å². The largest absolute Gasteiger partial charge is 0.442 e. The van der Waals surface area contributed by atoms with Crippen molar-refractivity contribution in [2.45, 2.75) is 32.9 Å². The van der Waals surface area contributed by atoms with Crippen LogP contribution in [0.1, 0.15) is 26.3 Å². The van der Waals surface area contributed by atoms with Crippen molar-refractivity contribution in [3.8, 4) is 22.8 Å². The first-order valence-electron chi connectivity index (χ1n) is 12.2. The minimum absolute atomic E-state index is 0.215. The van der Waals surface area contributed by atoms with Crippen molar-refractivity contribution < 1.29 is 18.8 Å². The van der Waals surface area contributed by atoms with Gasteiger partial charge in [-0.1, -0.05) is 23.7 Å². The van der Waals surface area contributed by atoms with E-state index in [1.807, 2.05) is 12.1 Å². The molecule has 5 rings (SSSR count). The number of nitrogens with one attached hydrogen (secondary N) is 1. The number of halogens is 1. The van der Waals surface area contributed by atoms with Crippen molar-refractivity contribution in [1.82, 2.24) is 24.5 Å². The van der Waals surface area contributed by atoms with E-state index in [1.165, 1.54) is 29.4 Å². The summed E-state index contributed by atoms with van der Waals surface area (Å²) in [4.78, 5) is 30.7. The van der Waals surface area contributed by atoms with Crippen LogP contribution in [0.4, 0.5) is 16.4 Å². The van der Waals surface area contributed by atoms with Crippen LogP contribution < -0.4 is 15.6 Å². The van der Waals surface area contributed by atoms with Gasteiger partial charge < -0.3 is 19.3 Å². The number of ether oxygens (including phenoxy) is 2. The molecule has 0 atom stereocenters. The molecule has 204 valence electrons. The molecule has 40 heavy (non-hydrogen) atoms. The summed E-state index contributed by atoms with van der Waals surface area (Å²) < 4.78 is 18.3. The predicted octanol–water partition coefficient (Wildman–Crippen LogP) is 6.12. The average molecular weight is 561 g/mol. The Labute approximate surface area is 233 Å². The number of aromatic nitrogens is 5. The molecule has 1 N–H and O–H groups in total. The zero-order valence-electron chi connectivity index (χ0n) is 21.9. The first kappa shape index (κ1) is 26.7. The lowest BCUT2D eigenvalue weighted by atomic mass is 10.2. The highest BCUT2D eigenvalue weighted by Gasteiger charge is 2.20. The fourth-order valence-corrected chi connectivity index (χ4v) is 3.82. The monoisotopic (exact) mass is 560 g/mol. The quantitative estimate of drug-likeness (QED) is 0.250. The summed E-state index contributed by atoms with van der Waals surface area (Å²) in [5, 5.41) is 11.6. The van der Waals surface area contributed by atoms with Gasteiger partial charge in [0.05, 0.1) is 18.3 Å². The number of hydrogen-bond donors (Lipinski definition) is 1. The number of carbonyl (C=O) groups excluding carboxylic acids is 1. The van der Waals surface area contributed by atoms with E-state index in [0.717, 1.165) is 10.2 Å². The summed E-state index contributed by atoms with van der Waals surface area (Å²) in [7, 11) is 0. The molecule has 0 aliphatic heterocycles. The third kappa shape index (κ3) is 6.38. The molecule has 5 aromatic rings. The Morgan fingerprint density at radius 2 is 1.80 bits per heavy atom. The van der Waals surface area contributed by atoms with Gasteiger partial charge in [0.2, 0.25) is 5.95 Å². The third-order valence-corrected chi connectivity index (χ3v) is 5.77. The zero-order chi connectivity index (χ0) is 28.3. The molecule has 0 aliphatic rings. The highest BCUT2D eigenvalue weighted by molar-refractivity contribution is 6.30. The molecule has 0 bridgehead atoms. The van der Waals surface area contributed by atoms with Gasteiger partial charge in [0.25, 0.3) is 11.4 Å². The van der Waals surface area contributed by atoms with Crippen molar-refractivity contribution in [2.75, 3.05) is 5.32 Å². The predicted molar refractivity (Wildman–Crippen MR) is 148 cm³/mol. The summed E-state index contributed by atoms with van der Waals surface area (Å²) in [6.45, 7) is 5.50. The summed E-state index contributed by atoms with van der Waals surface area (Å²) in [5.41, 5.74) is 1.19. The summed E-state index contributed by atoms with van der Waals surface area (Å²) >= 11 is 6.06. The number of hydrogen-bond acceptors (Lipinski definition) is 9. The second-order valence-electron chi connectivity index (χ2n) is 9.76. The SMILES string of the molecule is CC(C)(C)OC(=O)n1cc(-c2cnc(Nc3ccc(Oc4ccon4)cc3)n(Cc3ccc(Cl)cc3)c2=O)cn1. The molecular weight excluding hydrogens is 536 g/mol. The summed E-state index contributed by atoms with van der Waals surface area (Å²) in [5.74, 6) is 1.21. The minimum Gasteiger partial charge on any atom is -0.442 e. The Morgan fingerprint density at radius 3 is 2.48 bits per heavy atom. The summed E-state index contributed by atoms with van der Waals surface area (Å²) in [6.07, 6.45) is 5.09. The maximum Gasteiger partial charge on any atom is 0.435 e. The minimum atomic E-state index is -0.691. The third-order valence-electron chi connectivity index (χ3n) is 5.52. The molecule has 12 heteroatoms. The van der Waals surface area contributed by atoms with Crippen molar-refractivity contribution in [2.24, 2.45) is 0 Å². The van der Waals surface area contributed by atoms with E-state index < -0.39 is 11.7 Å². The molecule has 0 saturated heterocycles. The molecule has 0 spiro atoms. The van der Waals surface area contributed by atoms with Crippen molar-refractivity contribution in [1.29, 1.82) is 0 Å². The average Bonchev–Trinajstić information content (AvgIpc) is 3.60. The van der Waals surface area contributed by atoms with Crippen LogP contribution in [-0.4, -0.2) is 36.2 Å². The van der Waals surface area contributed by atoms with Crippen LogP contribution in [0, 0.1) is 0 Å². The Bertz CT molecular complexity index is 1670. The maximum absolute atomic E-state index is 13.8. The molecular formula is C28H25ClN6O5. The molecule has 11 nitrogen and oxygen atoms in total. The van der Waals surface area contributed by atoms with Gasteiger partial charge in [0.15, 0.2) is 0 Å². The van der Waals surface area contributed by atoms with Crippen LogP contribution >= 0.6 is 11.6 Å². The van der Waals surface area contributed by atoms with Crippen molar-refractivity contribution in [3.63, 3.8) is 0 Å². The highest BCUT2D eigenvalue weighted by Crippen LogP contribution is 2.24. The fraction of sp³-hybridized carbons (Fsp3) is 0.179. The number of benzene rings is 2. The Balaban J connectivity index is 1.46. The second kappa shape index (κ2) is 11.1. The van der Waals surface area contributed by atoms with E-state index in [4.69, 9.17) is 25.6 Å². The van der Waals surface area contributed by atoms with E-state index in [-0.39, 0.29) is 17.7 Å². The topological polar surface area (TPSA) is 126 Å². The summed E-state index contributed by atoms with van der Waals surface area (Å²) in [6, 6.07) is 15.8. The van der Waals surface area contributed by atoms with E-state index >= 15 is 0 Å². The Morgan fingerprint density at radius 1 is 1.05 bits per heavy atom. The number of rotatable bonds is 7. The molecule has 0 saturated carbocycles. The van der Waals surface area contributed by atoms with E-state index in [9.17, 15) is 9.59 Å². The van der Waals surface area contributed by atoms with Gasteiger partial charge in [-0.05, 0) is 67.9 Å². The second-order valence-corrected chi connectivity index (χ2v) is 10.2. The van der Waals surface area contributed by atoms with Gasteiger partial charge in [-0.15, -0.1) is 0 Å². The molecule has 0 radical (unpaired) electrons. The molecule has 0 unspecified atom stereocenters. The number of nitrogens with zero attached hydrogens (tertiary/aromatic N) is 5. The first-order chi connectivity index (χ1) is 19.1. The van der Waals surface area contributed by atoms with E-state index in [2.05, 4.69) is 20.6 Å². The van der Waals surface area contributed by atoms with Gasteiger partial charge in [0.1, 0.15) is 17.6 Å². The van der Waals surface area contributed by atoms with Crippen molar-refractivity contribution >= 4 is 29.3 Å². The number of carbonyl (C=O) groups is 1. The van der Waals surface area contributed by atoms with E-state index in [1.54, 1.807) is 63.2 Å². The highest BCUT2D eigenvalue weighted by atomic mass is 35.5. The lowest BCUT2D eigenvalue weighted by molar-refractivity contribution is 0.0514. The lowest BCUT2D eigenvalue weighted by Gasteiger charge is -2.18. The molecule has 0 amide bonds. The fourth-order valence-electron chi connectivity index (χ4n) is 3.69. The number of anilines is 2. The van der Waals surface area contributed by atoms with Crippen LogP contribution in [0.3, 0.4) is 0 Å².